The van der Waals surface area contributed by atoms with E-state index in [2.05, 4.69) is 9.98 Å². The zero-order valence-electron chi connectivity index (χ0n) is 23.2. The third-order valence-corrected chi connectivity index (χ3v) is 8.23. The average Bonchev–Trinajstić information content (AvgIpc) is 3.20. The van der Waals surface area contributed by atoms with Gasteiger partial charge in [0.05, 0.1) is 54.9 Å². The van der Waals surface area contributed by atoms with Crippen LogP contribution in [0.3, 0.4) is 0 Å². The first-order valence-electron chi connectivity index (χ1n) is 14.4. The summed E-state index contributed by atoms with van der Waals surface area (Å²) in [6.07, 6.45) is 10.6. The van der Waals surface area contributed by atoms with Gasteiger partial charge in [-0.05, 0) is 63.1 Å². The van der Waals surface area contributed by atoms with E-state index in [1.165, 1.54) is 0 Å². The summed E-state index contributed by atoms with van der Waals surface area (Å²) in [5.41, 5.74) is 3.37. The molecule has 0 radical (unpaired) electrons. The quantitative estimate of drug-likeness (QED) is 0.443. The minimum Gasteiger partial charge on any atom is -0.493 e. The van der Waals surface area contributed by atoms with Gasteiger partial charge in [-0.2, -0.15) is 0 Å². The molecule has 2 saturated heterocycles. The molecule has 2 atom stereocenters. The monoisotopic (exact) mass is 544 g/mol. The number of piperidine rings is 2. The van der Waals surface area contributed by atoms with E-state index in [9.17, 15) is 9.59 Å². The van der Waals surface area contributed by atoms with Crippen molar-refractivity contribution in [3.63, 3.8) is 0 Å². The van der Waals surface area contributed by atoms with E-state index < -0.39 is 0 Å². The number of carbonyl (C=O) groups excluding carboxylic acids is 2. The molecule has 9 heteroatoms. The molecule has 0 bridgehead atoms. The second-order valence-electron chi connectivity index (χ2n) is 10.9. The van der Waals surface area contributed by atoms with Gasteiger partial charge in [-0.3, -0.25) is 19.6 Å². The Labute approximate surface area is 234 Å². The molecule has 40 heavy (non-hydrogen) atoms. The minimum atomic E-state index is -0.00597. The van der Waals surface area contributed by atoms with Gasteiger partial charge in [0.15, 0.2) is 11.5 Å². The summed E-state index contributed by atoms with van der Waals surface area (Å²) >= 11 is 0. The Morgan fingerprint density at radius 1 is 0.750 bits per heavy atom. The van der Waals surface area contributed by atoms with Crippen LogP contribution in [0.4, 0.5) is 11.4 Å². The number of fused-ring (bicyclic) bond motifs is 4. The summed E-state index contributed by atoms with van der Waals surface area (Å²) in [6.45, 7) is 4.33. The molecule has 6 rings (SSSR count). The summed E-state index contributed by atoms with van der Waals surface area (Å²) in [7, 11) is 1.58. The maximum absolute atomic E-state index is 13.2. The molecule has 0 aromatic heterocycles. The summed E-state index contributed by atoms with van der Waals surface area (Å²) in [5.74, 6) is 1.83. The number of nitrogens with zero attached hydrogens (tertiary/aromatic N) is 4. The third-order valence-electron chi connectivity index (χ3n) is 8.23. The van der Waals surface area contributed by atoms with E-state index >= 15 is 0 Å². The maximum atomic E-state index is 13.2. The highest BCUT2D eigenvalue weighted by atomic mass is 16.5. The van der Waals surface area contributed by atoms with Crippen molar-refractivity contribution in [3.05, 3.63) is 41.0 Å². The van der Waals surface area contributed by atoms with Crippen LogP contribution in [0.15, 0.2) is 34.3 Å². The number of hydrogen-bond acceptors (Lipinski definition) is 7. The Morgan fingerprint density at radius 2 is 1.30 bits per heavy atom. The van der Waals surface area contributed by atoms with Crippen LogP contribution in [0.25, 0.3) is 0 Å². The minimum absolute atomic E-state index is 0.00597. The van der Waals surface area contributed by atoms with Gasteiger partial charge in [-0.1, -0.05) is 0 Å². The Kier molecular flexibility index (Phi) is 7.45. The predicted octanol–water partition coefficient (Wildman–Crippen LogP) is 5.27. The molecule has 0 spiro atoms. The van der Waals surface area contributed by atoms with Gasteiger partial charge in [-0.15, -0.1) is 0 Å². The van der Waals surface area contributed by atoms with E-state index in [4.69, 9.17) is 14.2 Å². The molecule has 2 aromatic rings. The molecule has 2 fully saturated rings. The maximum Gasteiger partial charge on any atom is 0.256 e. The average molecular weight is 545 g/mol. The molecule has 210 valence electrons. The fourth-order valence-electron chi connectivity index (χ4n) is 6.00. The van der Waals surface area contributed by atoms with Gasteiger partial charge in [0, 0.05) is 44.1 Å². The first-order chi connectivity index (χ1) is 19.5. The van der Waals surface area contributed by atoms with Gasteiger partial charge in [0.1, 0.15) is 5.75 Å². The number of ether oxygens (including phenoxy) is 3. The lowest BCUT2D eigenvalue weighted by Crippen LogP contribution is -2.43. The van der Waals surface area contributed by atoms with E-state index in [1.54, 1.807) is 19.2 Å². The van der Waals surface area contributed by atoms with Crippen LogP contribution in [-0.4, -0.2) is 79.5 Å². The van der Waals surface area contributed by atoms with Gasteiger partial charge in [-0.25, -0.2) is 0 Å². The Hall–Kier alpha value is -3.88. The molecule has 4 aliphatic heterocycles. The summed E-state index contributed by atoms with van der Waals surface area (Å²) in [4.78, 5) is 39.5. The lowest BCUT2D eigenvalue weighted by Gasteiger charge is -2.32. The molecule has 9 nitrogen and oxygen atoms in total. The SMILES string of the molecule is COc1cc2c(cc1OCCCOc1cc3c(cc1C)C(=O)N1CCCC[C@H]1C=N3)N=C[C@@H]1CCCCN1C2=O. The number of benzene rings is 2. The summed E-state index contributed by atoms with van der Waals surface area (Å²) in [6, 6.07) is 7.42. The van der Waals surface area contributed by atoms with E-state index in [0.29, 0.717) is 53.6 Å². The molecule has 4 heterocycles. The molecule has 0 N–H and O–H groups in total. The number of aryl methyl sites for hydroxylation is 1. The molecule has 0 saturated carbocycles. The van der Waals surface area contributed by atoms with Crippen molar-refractivity contribution in [1.29, 1.82) is 0 Å². The van der Waals surface area contributed by atoms with Crippen molar-refractivity contribution < 1.29 is 23.8 Å². The van der Waals surface area contributed by atoms with Gasteiger partial charge >= 0.3 is 0 Å². The molecule has 2 amide bonds. The predicted molar refractivity (Wildman–Crippen MR) is 153 cm³/mol. The molecule has 0 aliphatic carbocycles. The standard InChI is InChI=1S/C31H36N4O5/c1-20-14-23-25(32-18-21-8-3-5-10-34(21)30(23)36)16-27(20)39-12-7-13-40-29-17-26-24(15-28(29)38-2)31(37)35-11-6-4-9-22(35)19-33-26/h14-19,21-22H,3-13H2,1-2H3/t21-,22-/m0/s1. The molecule has 2 aromatic carbocycles. The first-order valence-corrected chi connectivity index (χ1v) is 14.4. The summed E-state index contributed by atoms with van der Waals surface area (Å²) in [5, 5.41) is 0. The Balaban J connectivity index is 1.09. The highest BCUT2D eigenvalue weighted by Crippen LogP contribution is 2.38. The molecule has 4 aliphatic rings. The first kappa shape index (κ1) is 26.3. The number of amides is 2. The smallest absolute Gasteiger partial charge is 0.256 e. The van der Waals surface area contributed by atoms with Crippen LogP contribution in [0.2, 0.25) is 0 Å². The van der Waals surface area contributed by atoms with E-state index in [0.717, 1.165) is 62.9 Å². The third kappa shape index (κ3) is 5.05. The van der Waals surface area contributed by atoms with Crippen molar-refractivity contribution in [1.82, 2.24) is 9.80 Å². The zero-order chi connectivity index (χ0) is 27.6. The number of rotatable bonds is 7. The second kappa shape index (κ2) is 11.3. The van der Waals surface area contributed by atoms with Gasteiger partial charge in [0.2, 0.25) is 0 Å². The van der Waals surface area contributed by atoms with Gasteiger partial charge < -0.3 is 24.0 Å². The lowest BCUT2D eigenvalue weighted by molar-refractivity contribution is 0.0680. The fourth-order valence-corrected chi connectivity index (χ4v) is 6.00. The normalized spacial score (nSPS) is 21.6. The van der Waals surface area contributed by atoms with Crippen molar-refractivity contribution in [3.8, 4) is 17.2 Å². The zero-order valence-corrected chi connectivity index (χ0v) is 23.2. The Morgan fingerprint density at radius 3 is 1.90 bits per heavy atom. The molecular formula is C31H36N4O5. The highest BCUT2D eigenvalue weighted by molar-refractivity contribution is 6.04. The van der Waals surface area contributed by atoms with Crippen LogP contribution >= 0.6 is 0 Å². The van der Waals surface area contributed by atoms with Crippen LogP contribution in [-0.2, 0) is 0 Å². The van der Waals surface area contributed by atoms with Crippen molar-refractivity contribution in [2.24, 2.45) is 9.98 Å². The number of carbonyl (C=O) groups is 2. The largest absolute Gasteiger partial charge is 0.493 e. The number of methoxy groups -OCH3 is 1. The van der Waals surface area contributed by atoms with Crippen LogP contribution in [0.5, 0.6) is 17.2 Å². The number of hydrogen-bond donors (Lipinski definition) is 0. The Bertz CT molecular complexity index is 1370. The number of aliphatic imine (C=N–C) groups is 2. The second-order valence-corrected chi connectivity index (χ2v) is 10.9. The van der Waals surface area contributed by atoms with Crippen LogP contribution in [0.1, 0.15) is 71.2 Å². The van der Waals surface area contributed by atoms with Crippen molar-refractivity contribution in [2.45, 2.75) is 64.0 Å². The topological polar surface area (TPSA) is 93.0 Å². The summed E-state index contributed by atoms with van der Waals surface area (Å²) < 4.78 is 17.7. The van der Waals surface area contributed by atoms with Crippen molar-refractivity contribution in [2.75, 3.05) is 33.4 Å². The highest BCUT2D eigenvalue weighted by Gasteiger charge is 2.32. The van der Waals surface area contributed by atoms with E-state index in [1.807, 2.05) is 41.3 Å². The lowest BCUT2D eigenvalue weighted by atomic mass is 10.0. The van der Waals surface area contributed by atoms with Gasteiger partial charge in [0.25, 0.3) is 11.8 Å². The van der Waals surface area contributed by atoms with Crippen LogP contribution in [0, 0.1) is 6.92 Å². The molecule has 0 unspecified atom stereocenters. The fraction of sp³-hybridized carbons (Fsp3) is 0.484. The van der Waals surface area contributed by atoms with Crippen molar-refractivity contribution >= 4 is 35.6 Å². The van der Waals surface area contributed by atoms with Crippen LogP contribution < -0.4 is 14.2 Å². The molecular weight excluding hydrogens is 508 g/mol. The van der Waals surface area contributed by atoms with E-state index in [-0.39, 0.29) is 23.9 Å².